The van der Waals surface area contributed by atoms with Gasteiger partial charge in [-0.25, -0.2) is 0 Å². The van der Waals surface area contributed by atoms with Gasteiger partial charge in [0, 0.05) is 71.9 Å². The Morgan fingerprint density at radius 1 is 1.10 bits per heavy atom. The summed E-state index contributed by atoms with van der Waals surface area (Å²) in [4.78, 5) is 58.1. The van der Waals surface area contributed by atoms with Crippen molar-refractivity contribution in [2.75, 3.05) is 38.7 Å². The Balaban J connectivity index is 1.58. The number of likely N-dealkylation sites (N-methyl/N-ethyl adjacent to an activating group) is 2. The van der Waals surface area contributed by atoms with E-state index in [1.807, 2.05) is 0 Å². The Kier molecular flexibility index (Phi) is 11.1. The van der Waals surface area contributed by atoms with Gasteiger partial charge in [0.15, 0.2) is 0 Å². The first-order valence-corrected chi connectivity index (χ1v) is 16.7. The van der Waals surface area contributed by atoms with Gasteiger partial charge in [-0.15, -0.1) is 0 Å². The second-order valence-corrected chi connectivity index (χ2v) is 13.9. The monoisotopic (exact) mass is 626 g/mol. The first-order chi connectivity index (χ1) is 19.5. The topological polar surface area (TPSA) is 107 Å². The number of nitrogens with zero attached hydrogens (tertiary/aromatic N) is 3. The molecule has 0 spiro atoms. The molecular weight excluding hydrogens is 587 g/mol. The molecule has 1 saturated carbocycles. The van der Waals surface area contributed by atoms with E-state index in [4.69, 9.17) is 23.2 Å². The normalized spacial score (nSPS) is 27.0. The molecule has 4 atom stereocenters. The molecule has 226 valence electrons. The molecule has 2 heterocycles. The lowest BCUT2D eigenvalue weighted by atomic mass is 10.0. The Labute approximate surface area is 254 Å². The molecule has 2 saturated heterocycles. The van der Waals surface area contributed by atoms with Crippen LogP contribution in [0, 0.1) is 5.92 Å². The predicted molar refractivity (Wildman–Crippen MR) is 160 cm³/mol. The van der Waals surface area contributed by atoms with Crippen LogP contribution in [0.15, 0.2) is 18.2 Å². The Hall–Kier alpha value is -2.17. The average Bonchev–Trinajstić information content (AvgIpc) is 3.64. The van der Waals surface area contributed by atoms with Crippen molar-refractivity contribution >= 4 is 57.6 Å². The van der Waals surface area contributed by atoms with Gasteiger partial charge in [0.25, 0.3) is 0 Å². The van der Waals surface area contributed by atoms with Gasteiger partial charge >= 0.3 is 0 Å². The predicted octanol–water partition coefficient (Wildman–Crippen LogP) is 3.03. The largest absolute Gasteiger partial charge is 0.345 e. The summed E-state index contributed by atoms with van der Waals surface area (Å²) < 4.78 is 13.0. The number of carbonyl (C=O) groups is 4. The highest BCUT2D eigenvalue weighted by Crippen LogP contribution is 2.33. The third kappa shape index (κ3) is 8.45. The molecule has 1 aromatic carbocycles. The van der Waals surface area contributed by atoms with Crippen molar-refractivity contribution < 1.29 is 23.4 Å². The van der Waals surface area contributed by atoms with Crippen LogP contribution in [0.3, 0.4) is 0 Å². The van der Waals surface area contributed by atoms with E-state index in [0.717, 1.165) is 25.7 Å². The summed E-state index contributed by atoms with van der Waals surface area (Å²) in [5, 5.41) is 3.62. The maximum atomic E-state index is 14.0. The van der Waals surface area contributed by atoms with Gasteiger partial charge in [0.05, 0.1) is 6.54 Å². The van der Waals surface area contributed by atoms with Gasteiger partial charge in [-0.05, 0) is 74.6 Å². The summed E-state index contributed by atoms with van der Waals surface area (Å²) in [7, 11) is 2.03. The van der Waals surface area contributed by atoms with Crippen LogP contribution in [0.1, 0.15) is 56.9 Å². The number of nitrogens with one attached hydrogen (secondary N) is 1. The second-order valence-electron chi connectivity index (χ2n) is 11.5. The summed E-state index contributed by atoms with van der Waals surface area (Å²) in [6.45, 7) is 0.221. The lowest BCUT2D eigenvalue weighted by Crippen LogP contribution is -2.55. The first kappa shape index (κ1) is 31.8. The summed E-state index contributed by atoms with van der Waals surface area (Å²) in [5.41, 5.74) is 0.630. The second kappa shape index (κ2) is 14.3. The van der Waals surface area contributed by atoms with Crippen LogP contribution in [0.2, 0.25) is 10.0 Å². The van der Waals surface area contributed by atoms with Crippen molar-refractivity contribution in [1.82, 2.24) is 20.0 Å². The van der Waals surface area contributed by atoms with Gasteiger partial charge in [0.1, 0.15) is 12.1 Å². The van der Waals surface area contributed by atoms with Crippen molar-refractivity contribution in [3.8, 4) is 0 Å². The van der Waals surface area contributed by atoms with Crippen molar-refractivity contribution in [3.63, 3.8) is 0 Å². The quantitative estimate of drug-likeness (QED) is 0.541. The van der Waals surface area contributed by atoms with Crippen LogP contribution < -0.4 is 5.32 Å². The average molecular weight is 628 g/mol. The lowest BCUT2D eigenvalue weighted by Gasteiger charge is -2.34. The van der Waals surface area contributed by atoms with Crippen molar-refractivity contribution in [2.45, 2.75) is 75.9 Å². The SMILES string of the molecule is CN(C(=O)CC1CC1)C1CCCCS(=O)CC2CCCN2C(=O)[C@H](Cc2cc(Cl)ccc2Cl)N(C)C(=O)CNC1=O. The van der Waals surface area contributed by atoms with E-state index in [9.17, 15) is 23.4 Å². The minimum Gasteiger partial charge on any atom is -0.345 e. The molecule has 3 aliphatic rings. The maximum Gasteiger partial charge on any atom is 0.245 e. The fourth-order valence-electron chi connectivity index (χ4n) is 5.65. The van der Waals surface area contributed by atoms with Crippen LogP contribution in [-0.2, 0) is 36.4 Å². The number of benzene rings is 1. The molecule has 0 aromatic heterocycles. The van der Waals surface area contributed by atoms with E-state index in [-0.39, 0.29) is 30.8 Å². The molecular formula is C29H40Cl2N4O5S. The van der Waals surface area contributed by atoms with Gasteiger partial charge in [-0.2, -0.15) is 0 Å². The fourth-order valence-corrected chi connectivity index (χ4v) is 7.51. The fraction of sp³-hybridized carbons (Fsp3) is 0.655. The summed E-state index contributed by atoms with van der Waals surface area (Å²) in [6, 6.07) is 3.21. The smallest absolute Gasteiger partial charge is 0.245 e. The molecule has 41 heavy (non-hydrogen) atoms. The van der Waals surface area contributed by atoms with E-state index < -0.39 is 34.7 Å². The molecule has 3 fully saturated rings. The Bertz CT molecular complexity index is 1180. The number of hydrogen-bond donors (Lipinski definition) is 1. The van der Waals surface area contributed by atoms with E-state index in [2.05, 4.69) is 5.32 Å². The van der Waals surface area contributed by atoms with Crippen molar-refractivity contribution in [1.29, 1.82) is 0 Å². The molecule has 4 rings (SSSR count). The lowest BCUT2D eigenvalue weighted by molar-refractivity contribution is -0.145. The molecule has 1 N–H and O–H groups in total. The van der Waals surface area contributed by atoms with Crippen LogP contribution in [0.5, 0.6) is 0 Å². The highest BCUT2D eigenvalue weighted by Gasteiger charge is 2.38. The number of amides is 4. The van der Waals surface area contributed by atoms with Crippen molar-refractivity contribution in [2.24, 2.45) is 5.92 Å². The summed E-state index contributed by atoms with van der Waals surface area (Å²) >= 11 is 12.7. The molecule has 4 amide bonds. The number of hydrogen-bond acceptors (Lipinski definition) is 5. The minimum atomic E-state index is -1.15. The Morgan fingerprint density at radius 3 is 2.59 bits per heavy atom. The van der Waals surface area contributed by atoms with Gasteiger partial charge in [-0.3, -0.25) is 23.4 Å². The van der Waals surface area contributed by atoms with Gasteiger partial charge in [0.2, 0.25) is 23.6 Å². The molecule has 0 bridgehead atoms. The van der Waals surface area contributed by atoms with E-state index in [1.54, 1.807) is 37.2 Å². The molecule has 9 nitrogen and oxygen atoms in total. The van der Waals surface area contributed by atoms with Crippen LogP contribution in [-0.4, -0.2) is 99.4 Å². The molecule has 12 heteroatoms. The standard InChI is InChI=1S/C29H40Cl2N4O5S/c1-33(26(36)14-19-8-9-19)24-7-3-4-13-41(40)18-22-6-5-12-35(22)29(39)25(34(2)27(37)17-32-28(24)38)16-20-15-21(30)10-11-23(20)31/h10-11,15,19,22,24-25H,3-9,12-14,16-18H2,1-2H3,(H,32,38)/t22?,24?,25-,41?/m0/s1. The third-order valence-electron chi connectivity index (χ3n) is 8.44. The zero-order valence-electron chi connectivity index (χ0n) is 23.8. The zero-order chi connectivity index (χ0) is 29.7. The van der Waals surface area contributed by atoms with Crippen molar-refractivity contribution in [3.05, 3.63) is 33.8 Å². The summed E-state index contributed by atoms with van der Waals surface area (Å²) in [6.07, 6.45) is 5.85. The van der Waals surface area contributed by atoms with Crippen LogP contribution in [0.25, 0.3) is 0 Å². The van der Waals surface area contributed by atoms with E-state index >= 15 is 0 Å². The van der Waals surface area contributed by atoms with E-state index in [1.165, 1.54) is 9.80 Å². The van der Waals surface area contributed by atoms with Crippen LogP contribution >= 0.6 is 23.2 Å². The number of carbonyl (C=O) groups excluding carboxylic acids is 4. The molecule has 0 radical (unpaired) electrons. The zero-order valence-corrected chi connectivity index (χ0v) is 26.1. The highest BCUT2D eigenvalue weighted by molar-refractivity contribution is 7.85. The number of fused-ring (bicyclic) bond motifs is 1. The number of halogens is 2. The molecule has 2 aliphatic heterocycles. The summed E-state index contributed by atoms with van der Waals surface area (Å²) in [5.74, 6) is 0.0515. The first-order valence-electron chi connectivity index (χ1n) is 14.4. The van der Waals surface area contributed by atoms with E-state index in [0.29, 0.717) is 65.3 Å². The highest BCUT2D eigenvalue weighted by atomic mass is 35.5. The van der Waals surface area contributed by atoms with Crippen LogP contribution in [0.4, 0.5) is 0 Å². The number of rotatable bonds is 5. The van der Waals surface area contributed by atoms with Gasteiger partial charge in [-0.1, -0.05) is 23.2 Å². The maximum absolute atomic E-state index is 14.0. The third-order valence-corrected chi connectivity index (χ3v) is 10.5. The molecule has 3 unspecified atom stereocenters. The molecule has 1 aliphatic carbocycles. The van der Waals surface area contributed by atoms with Gasteiger partial charge < -0.3 is 20.0 Å². The Morgan fingerprint density at radius 2 is 1.85 bits per heavy atom. The molecule has 1 aromatic rings. The minimum absolute atomic E-state index is 0.0838.